The fourth-order valence-electron chi connectivity index (χ4n) is 3.42. The van der Waals surface area contributed by atoms with Gasteiger partial charge in [0.05, 0.1) is 12.6 Å². The van der Waals surface area contributed by atoms with Crippen LogP contribution in [0.25, 0.3) is 0 Å². The molecule has 0 aliphatic carbocycles. The zero-order valence-corrected chi connectivity index (χ0v) is 11.3. The van der Waals surface area contributed by atoms with Crippen molar-refractivity contribution in [2.45, 2.75) is 24.9 Å². The maximum absolute atomic E-state index is 5.38. The van der Waals surface area contributed by atoms with Gasteiger partial charge in [-0.3, -0.25) is 5.32 Å². The molecule has 92 valence electrons. The second-order valence-electron chi connectivity index (χ2n) is 5.24. The van der Waals surface area contributed by atoms with Crippen LogP contribution >= 0.6 is 11.3 Å². The van der Waals surface area contributed by atoms with Crippen molar-refractivity contribution in [3.8, 4) is 5.75 Å². The van der Waals surface area contributed by atoms with E-state index in [0.29, 0.717) is 6.04 Å². The predicted molar refractivity (Wildman–Crippen MR) is 73.3 cm³/mol. The van der Waals surface area contributed by atoms with E-state index in [1.165, 1.54) is 21.6 Å². The molecule has 2 aliphatic rings. The molecule has 0 fully saturated rings. The summed E-state index contributed by atoms with van der Waals surface area (Å²) in [6, 6.07) is 9.20. The lowest BCUT2D eigenvalue weighted by Gasteiger charge is -2.32. The summed E-state index contributed by atoms with van der Waals surface area (Å²) in [7, 11) is 1.73. The minimum absolute atomic E-state index is 0.0396. The average Bonchev–Trinajstić information content (AvgIpc) is 2.94. The van der Waals surface area contributed by atoms with Gasteiger partial charge in [0.2, 0.25) is 0 Å². The number of benzene rings is 1. The van der Waals surface area contributed by atoms with Crippen LogP contribution in [-0.4, -0.2) is 7.11 Å². The van der Waals surface area contributed by atoms with E-state index in [0.717, 1.165) is 12.2 Å². The van der Waals surface area contributed by atoms with Crippen LogP contribution in [0.2, 0.25) is 0 Å². The third kappa shape index (κ3) is 1.16. The van der Waals surface area contributed by atoms with Gasteiger partial charge in [0, 0.05) is 17.3 Å². The molecule has 4 rings (SSSR count). The molecule has 2 unspecified atom stereocenters. The van der Waals surface area contributed by atoms with E-state index in [-0.39, 0.29) is 5.54 Å². The van der Waals surface area contributed by atoms with Crippen molar-refractivity contribution in [3.05, 3.63) is 51.2 Å². The lowest BCUT2D eigenvalue weighted by Crippen LogP contribution is -2.40. The largest absolute Gasteiger partial charge is 0.497 e. The van der Waals surface area contributed by atoms with Crippen LogP contribution in [0.15, 0.2) is 29.6 Å². The summed E-state index contributed by atoms with van der Waals surface area (Å²) in [4.78, 5) is 1.52. The van der Waals surface area contributed by atoms with Crippen molar-refractivity contribution in [1.82, 2.24) is 5.32 Å². The maximum Gasteiger partial charge on any atom is 0.119 e. The summed E-state index contributed by atoms with van der Waals surface area (Å²) in [5.41, 5.74) is 4.21. The minimum Gasteiger partial charge on any atom is -0.497 e. The maximum atomic E-state index is 5.38. The third-order valence-electron chi connectivity index (χ3n) is 4.31. The van der Waals surface area contributed by atoms with Crippen LogP contribution in [0, 0.1) is 0 Å². The molecular formula is C15H15NOS. The first kappa shape index (κ1) is 10.6. The van der Waals surface area contributed by atoms with Gasteiger partial charge < -0.3 is 4.74 Å². The zero-order valence-electron chi connectivity index (χ0n) is 10.5. The Morgan fingerprint density at radius 3 is 3.06 bits per heavy atom. The Balaban J connectivity index is 1.99. The van der Waals surface area contributed by atoms with Crippen LogP contribution in [-0.2, 0) is 12.0 Å². The summed E-state index contributed by atoms with van der Waals surface area (Å²) >= 11 is 1.88. The lowest BCUT2D eigenvalue weighted by molar-refractivity contribution is 0.390. The van der Waals surface area contributed by atoms with Gasteiger partial charge in [-0.2, -0.15) is 0 Å². The van der Waals surface area contributed by atoms with Crippen LogP contribution in [0.5, 0.6) is 5.75 Å². The number of nitrogens with one attached hydrogen (secondary N) is 1. The summed E-state index contributed by atoms with van der Waals surface area (Å²) in [5.74, 6) is 0.945. The van der Waals surface area contributed by atoms with Gasteiger partial charge in [0.15, 0.2) is 0 Å². The highest BCUT2D eigenvalue weighted by atomic mass is 32.1. The Labute approximate surface area is 111 Å². The van der Waals surface area contributed by atoms with Gasteiger partial charge in [0.25, 0.3) is 0 Å². The smallest absolute Gasteiger partial charge is 0.119 e. The summed E-state index contributed by atoms with van der Waals surface area (Å²) in [6.45, 7) is 2.29. The molecule has 2 aromatic rings. The molecule has 0 saturated carbocycles. The van der Waals surface area contributed by atoms with Gasteiger partial charge in [-0.15, -0.1) is 11.3 Å². The molecule has 3 heterocycles. The number of fused-ring (bicyclic) bond motifs is 7. The lowest BCUT2D eigenvalue weighted by atomic mass is 9.86. The van der Waals surface area contributed by atoms with Gasteiger partial charge in [-0.1, -0.05) is 6.07 Å². The number of thiophene rings is 1. The van der Waals surface area contributed by atoms with Crippen molar-refractivity contribution in [1.29, 1.82) is 0 Å². The molecule has 1 aromatic heterocycles. The molecule has 0 amide bonds. The Kier molecular flexibility index (Phi) is 1.98. The van der Waals surface area contributed by atoms with E-state index < -0.39 is 0 Å². The molecule has 2 atom stereocenters. The quantitative estimate of drug-likeness (QED) is 0.847. The number of ether oxygens (including phenoxy) is 1. The highest BCUT2D eigenvalue weighted by Crippen LogP contribution is 2.50. The number of hydrogen-bond donors (Lipinski definition) is 1. The summed E-state index contributed by atoms with van der Waals surface area (Å²) in [6.07, 6.45) is 1.11. The van der Waals surface area contributed by atoms with Crippen molar-refractivity contribution in [2.24, 2.45) is 0 Å². The first-order chi connectivity index (χ1) is 8.72. The third-order valence-corrected chi connectivity index (χ3v) is 5.25. The normalized spacial score (nSPS) is 27.8. The molecule has 2 aliphatic heterocycles. The molecule has 18 heavy (non-hydrogen) atoms. The molecule has 0 radical (unpaired) electrons. The van der Waals surface area contributed by atoms with Crippen LogP contribution in [0.1, 0.15) is 34.5 Å². The second kappa shape index (κ2) is 3.37. The van der Waals surface area contributed by atoms with Crippen LogP contribution < -0.4 is 10.1 Å². The molecule has 2 nitrogen and oxygen atoms in total. The Morgan fingerprint density at radius 1 is 1.33 bits per heavy atom. The monoisotopic (exact) mass is 257 g/mol. The van der Waals surface area contributed by atoms with Gasteiger partial charge in [0.1, 0.15) is 5.75 Å². The molecule has 0 spiro atoms. The van der Waals surface area contributed by atoms with Crippen molar-refractivity contribution >= 4 is 11.3 Å². The summed E-state index contributed by atoms with van der Waals surface area (Å²) in [5, 5.41) is 5.98. The fraction of sp³-hybridized carbons (Fsp3) is 0.333. The molecule has 0 saturated heterocycles. The average molecular weight is 257 g/mol. The van der Waals surface area contributed by atoms with Crippen LogP contribution in [0.3, 0.4) is 0 Å². The first-order valence-corrected chi connectivity index (χ1v) is 7.13. The Hall–Kier alpha value is -1.32. The van der Waals surface area contributed by atoms with Crippen molar-refractivity contribution in [2.75, 3.05) is 7.11 Å². The SMILES string of the molecule is COc1ccc2c(c1)C1(C)NC2Cc2sccc21. The van der Waals surface area contributed by atoms with E-state index in [2.05, 4.69) is 41.9 Å². The van der Waals surface area contributed by atoms with Crippen molar-refractivity contribution < 1.29 is 4.74 Å². The second-order valence-corrected chi connectivity index (χ2v) is 6.24. The topological polar surface area (TPSA) is 21.3 Å². The molecule has 1 N–H and O–H groups in total. The Bertz CT molecular complexity index is 633. The number of rotatable bonds is 1. The van der Waals surface area contributed by atoms with E-state index in [1.807, 2.05) is 11.3 Å². The number of methoxy groups -OCH3 is 1. The van der Waals surface area contributed by atoms with E-state index in [1.54, 1.807) is 7.11 Å². The number of hydrogen-bond acceptors (Lipinski definition) is 3. The first-order valence-electron chi connectivity index (χ1n) is 6.25. The minimum atomic E-state index is -0.0396. The highest BCUT2D eigenvalue weighted by Gasteiger charge is 2.46. The van der Waals surface area contributed by atoms with E-state index in [4.69, 9.17) is 4.74 Å². The van der Waals surface area contributed by atoms with Crippen LogP contribution in [0.4, 0.5) is 0 Å². The van der Waals surface area contributed by atoms with Crippen molar-refractivity contribution in [3.63, 3.8) is 0 Å². The fourth-order valence-corrected chi connectivity index (χ4v) is 4.45. The highest BCUT2D eigenvalue weighted by molar-refractivity contribution is 7.10. The van der Waals surface area contributed by atoms with Gasteiger partial charge in [-0.05, 0) is 47.2 Å². The predicted octanol–water partition coefficient (Wildman–Crippen LogP) is 3.22. The van der Waals surface area contributed by atoms with E-state index >= 15 is 0 Å². The zero-order chi connectivity index (χ0) is 12.3. The summed E-state index contributed by atoms with van der Waals surface area (Å²) < 4.78 is 5.38. The molecule has 1 aromatic carbocycles. The van der Waals surface area contributed by atoms with Gasteiger partial charge in [-0.25, -0.2) is 0 Å². The Morgan fingerprint density at radius 2 is 2.22 bits per heavy atom. The molecular weight excluding hydrogens is 242 g/mol. The van der Waals surface area contributed by atoms with Gasteiger partial charge >= 0.3 is 0 Å². The van der Waals surface area contributed by atoms with E-state index in [9.17, 15) is 0 Å². The standard InChI is InChI=1S/C15H15NOS/c1-15-11-5-6-18-14(11)8-13(16-15)10-4-3-9(17-2)7-12(10)15/h3-7,13,16H,8H2,1-2H3. The molecule has 3 heteroatoms. The molecule has 2 bridgehead atoms.